The van der Waals surface area contributed by atoms with Crippen LogP contribution in [-0.2, 0) is 21.2 Å². The molecule has 2 aromatic carbocycles. The van der Waals surface area contributed by atoms with Crippen molar-refractivity contribution in [2.45, 2.75) is 25.7 Å². The lowest BCUT2D eigenvalue weighted by Gasteiger charge is -2.31. The van der Waals surface area contributed by atoms with Gasteiger partial charge < -0.3 is 5.32 Å². The van der Waals surface area contributed by atoms with Crippen LogP contribution in [-0.4, -0.2) is 47.7 Å². The monoisotopic (exact) mass is 504 g/mol. The molecule has 1 N–H and O–H groups in total. The molecule has 0 radical (unpaired) electrons. The topological polar surface area (TPSA) is 92.3 Å². The fraction of sp³-hybridized carbons (Fsp3) is 0.348. The fourth-order valence-corrected chi connectivity index (χ4v) is 6.29. The summed E-state index contributed by atoms with van der Waals surface area (Å²) >= 11 is 7.19. The van der Waals surface area contributed by atoms with Crippen molar-refractivity contribution in [3.05, 3.63) is 65.2 Å². The summed E-state index contributed by atoms with van der Waals surface area (Å²) in [5, 5.41) is 12.7. The highest BCUT2D eigenvalue weighted by molar-refractivity contribution is 7.89. The molecule has 0 spiro atoms. The number of anilines is 1. The quantitative estimate of drug-likeness (QED) is 0.488. The molecular formula is C23H25ClN4O3S2. The van der Waals surface area contributed by atoms with E-state index < -0.39 is 15.9 Å². The van der Waals surface area contributed by atoms with Crippen LogP contribution in [0.2, 0.25) is 5.02 Å². The van der Waals surface area contributed by atoms with Crippen LogP contribution in [0.4, 0.5) is 5.13 Å². The van der Waals surface area contributed by atoms with E-state index in [-0.39, 0.29) is 18.2 Å². The van der Waals surface area contributed by atoms with Gasteiger partial charge in [0.25, 0.3) is 0 Å². The smallest absolute Gasteiger partial charge is 0.230 e. The zero-order chi connectivity index (χ0) is 23.3. The first-order chi connectivity index (χ1) is 15.9. The lowest BCUT2D eigenvalue weighted by Crippen LogP contribution is -2.44. The van der Waals surface area contributed by atoms with E-state index in [1.54, 1.807) is 12.1 Å². The van der Waals surface area contributed by atoms with Gasteiger partial charge in [0.2, 0.25) is 21.1 Å². The summed E-state index contributed by atoms with van der Waals surface area (Å²) in [5.74, 6) is -0.555. The lowest BCUT2D eigenvalue weighted by molar-refractivity contribution is -0.120. The number of aryl methyl sites for hydroxylation is 1. The molecule has 0 unspecified atom stereocenters. The number of carbonyl (C=O) groups excluding carboxylic acids is 1. The van der Waals surface area contributed by atoms with Crippen molar-refractivity contribution in [1.29, 1.82) is 0 Å². The number of aromatic nitrogens is 2. The van der Waals surface area contributed by atoms with Crippen molar-refractivity contribution in [2.24, 2.45) is 5.92 Å². The normalized spacial score (nSPS) is 17.1. The van der Waals surface area contributed by atoms with Gasteiger partial charge in [-0.05, 0) is 43.4 Å². The molecule has 0 saturated carbocycles. The Kier molecular flexibility index (Phi) is 7.75. The summed E-state index contributed by atoms with van der Waals surface area (Å²) in [6, 6.07) is 17.1. The van der Waals surface area contributed by atoms with Gasteiger partial charge in [0.1, 0.15) is 5.01 Å². The molecule has 1 aliphatic rings. The molecule has 4 rings (SSSR count). The summed E-state index contributed by atoms with van der Waals surface area (Å²) in [5.41, 5.74) is 1.99. The molecule has 1 aromatic heterocycles. The third-order valence-electron chi connectivity index (χ3n) is 5.61. The highest BCUT2D eigenvalue weighted by Gasteiger charge is 2.32. The maximum absolute atomic E-state index is 12.9. The van der Waals surface area contributed by atoms with Crippen LogP contribution < -0.4 is 5.32 Å². The minimum absolute atomic E-state index is 0.0804. The largest absolute Gasteiger partial charge is 0.300 e. The Balaban J connectivity index is 1.32. The molecule has 3 aromatic rings. The van der Waals surface area contributed by atoms with Gasteiger partial charge in [-0.15, -0.1) is 10.2 Å². The number of halogens is 1. The van der Waals surface area contributed by atoms with Gasteiger partial charge in [-0.2, -0.15) is 0 Å². The Morgan fingerprint density at radius 2 is 1.88 bits per heavy atom. The second-order valence-electron chi connectivity index (χ2n) is 8.01. The molecule has 1 saturated heterocycles. The molecule has 1 amide bonds. The van der Waals surface area contributed by atoms with E-state index >= 15 is 0 Å². The van der Waals surface area contributed by atoms with Crippen LogP contribution in [0.15, 0.2) is 54.6 Å². The Morgan fingerprint density at radius 3 is 2.64 bits per heavy atom. The first-order valence-corrected chi connectivity index (χ1v) is 13.6. The average molecular weight is 505 g/mol. The van der Waals surface area contributed by atoms with E-state index in [1.165, 1.54) is 15.6 Å². The Hall–Kier alpha value is -2.33. The van der Waals surface area contributed by atoms with E-state index in [9.17, 15) is 13.2 Å². The first-order valence-electron chi connectivity index (χ1n) is 10.8. The minimum atomic E-state index is -3.41. The molecule has 1 fully saturated rings. The molecule has 7 nitrogen and oxygen atoms in total. The zero-order valence-corrected chi connectivity index (χ0v) is 20.4. The highest BCUT2D eigenvalue weighted by atomic mass is 35.5. The van der Waals surface area contributed by atoms with E-state index in [1.807, 2.05) is 42.5 Å². The second-order valence-corrected chi connectivity index (χ2v) is 11.5. The molecule has 2 heterocycles. The van der Waals surface area contributed by atoms with Crippen LogP contribution >= 0.6 is 22.9 Å². The Morgan fingerprint density at radius 1 is 1.12 bits per heavy atom. The maximum Gasteiger partial charge on any atom is 0.230 e. The van der Waals surface area contributed by atoms with Crippen LogP contribution in [0.5, 0.6) is 0 Å². The molecular weight excluding hydrogens is 480 g/mol. The Labute approximate surface area is 202 Å². The van der Waals surface area contributed by atoms with Crippen LogP contribution in [0, 0.1) is 5.92 Å². The van der Waals surface area contributed by atoms with Crippen molar-refractivity contribution >= 4 is 44.0 Å². The molecule has 0 bridgehead atoms. The van der Waals surface area contributed by atoms with Gasteiger partial charge in [0.15, 0.2) is 0 Å². The van der Waals surface area contributed by atoms with Gasteiger partial charge in [-0.25, -0.2) is 12.7 Å². The number of nitrogens with zero attached hydrogens (tertiary/aromatic N) is 3. The lowest BCUT2D eigenvalue weighted by atomic mass is 9.99. The van der Waals surface area contributed by atoms with Crippen LogP contribution in [0.3, 0.4) is 0 Å². The third-order valence-corrected chi connectivity index (χ3v) is 8.67. The van der Waals surface area contributed by atoms with Gasteiger partial charge in [0.05, 0.1) is 11.7 Å². The number of nitrogens with one attached hydrogen (secondary N) is 1. The number of hydrogen-bond acceptors (Lipinski definition) is 6. The van der Waals surface area contributed by atoms with Gasteiger partial charge in [0, 0.05) is 23.7 Å². The molecule has 10 heteroatoms. The predicted molar refractivity (Wildman–Crippen MR) is 132 cm³/mol. The van der Waals surface area contributed by atoms with Crippen LogP contribution in [0.1, 0.15) is 24.8 Å². The van der Waals surface area contributed by atoms with Crippen molar-refractivity contribution in [2.75, 3.05) is 24.2 Å². The highest BCUT2D eigenvalue weighted by Crippen LogP contribution is 2.28. The summed E-state index contributed by atoms with van der Waals surface area (Å²) < 4.78 is 27.2. The Bertz CT molecular complexity index is 1180. The molecule has 1 aliphatic heterocycles. The zero-order valence-electron chi connectivity index (χ0n) is 18.0. The number of sulfonamides is 1. The third kappa shape index (κ3) is 6.38. The summed E-state index contributed by atoms with van der Waals surface area (Å²) in [6.07, 6.45) is 2.57. The van der Waals surface area contributed by atoms with Gasteiger partial charge in [-0.1, -0.05) is 65.4 Å². The van der Waals surface area contributed by atoms with Crippen molar-refractivity contribution in [3.63, 3.8) is 0 Å². The van der Waals surface area contributed by atoms with E-state index in [0.29, 0.717) is 47.4 Å². The van der Waals surface area contributed by atoms with Gasteiger partial charge >= 0.3 is 0 Å². The summed E-state index contributed by atoms with van der Waals surface area (Å²) in [4.78, 5) is 12.8. The predicted octanol–water partition coefficient (Wildman–Crippen LogP) is 4.47. The minimum Gasteiger partial charge on any atom is -0.300 e. The average Bonchev–Trinajstić information content (AvgIpc) is 3.28. The molecule has 174 valence electrons. The fourth-order valence-electron chi connectivity index (χ4n) is 3.83. The van der Waals surface area contributed by atoms with Crippen molar-refractivity contribution < 1.29 is 13.2 Å². The van der Waals surface area contributed by atoms with Crippen molar-refractivity contribution in [1.82, 2.24) is 14.5 Å². The molecule has 0 aliphatic carbocycles. The number of piperidine rings is 1. The molecule has 33 heavy (non-hydrogen) atoms. The number of carbonyl (C=O) groups is 1. The number of rotatable bonds is 8. The first kappa shape index (κ1) is 23.8. The number of amides is 1. The van der Waals surface area contributed by atoms with E-state index in [4.69, 9.17) is 11.6 Å². The second kappa shape index (κ2) is 10.7. The van der Waals surface area contributed by atoms with E-state index in [0.717, 1.165) is 11.1 Å². The summed E-state index contributed by atoms with van der Waals surface area (Å²) in [7, 11) is -3.41. The molecule has 1 atom stereocenters. The van der Waals surface area contributed by atoms with E-state index in [2.05, 4.69) is 15.5 Å². The van der Waals surface area contributed by atoms with Crippen LogP contribution in [0.25, 0.3) is 10.6 Å². The standard InChI is InChI=1S/C23H25ClN4O3S2/c24-20-12-10-18(11-13-20)22-26-27-23(32-22)25-21(29)19-9-4-14-28(16-19)33(30,31)15-5-8-17-6-2-1-3-7-17/h1-3,6-7,10-13,19H,4-5,8-9,14-16H2,(H,25,27,29)/t19-/m1/s1. The SMILES string of the molecule is O=C(Nc1nnc(-c2ccc(Cl)cc2)s1)[C@@H]1CCCN(S(=O)(=O)CCCc2ccccc2)C1. The summed E-state index contributed by atoms with van der Waals surface area (Å²) in [6.45, 7) is 0.652. The van der Waals surface area contributed by atoms with Gasteiger partial charge in [-0.3, -0.25) is 4.79 Å². The maximum atomic E-state index is 12.9. The number of hydrogen-bond donors (Lipinski definition) is 1. The van der Waals surface area contributed by atoms with Crippen molar-refractivity contribution in [3.8, 4) is 10.6 Å². The number of benzene rings is 2.